The fourth-order valence-electron chi connectivity index (χ4n) is 5.75. The van der Waals surface area contributed by atoms with E-state index in [0.717, 1.165) is 34.9 Å². The summed E-state index contributed by atoms with van der Waals surface area (Å²) in [5, 5.41) is 2.93. The van der Waals surface area contributed by atoms with E-state index in [-0.39, 0.29) is 11.8 Å². The van der Waals surface area contributed by atoms with E-state index in [0.29, 0.717) is 36.7 Å². The van der Waals surface area contributed by atoms with Crippen LogP contribution in [0.4, 0.5) is 0 Å². The van der Waals surface area contributed by atoms with Gasteiger partial charge < -0.3 is 14.6 Å². The fraction of sp³-hybridized carbons (Fsp3) is 0.333. The Morgan fingerprint density at radius 1 is 1.00 bits per heavy atom. The molecule has 6 rings (SSSR count). The first-order valence-electron chi connectivity index (χ1n) is 12.9. The van der Waals surface area contributed by atoms with Crippen molar-refractivity contribution in [2.45, 2.75) is 38.1 Å². The number of amides is 2. The summed E-state index contributed by atoms with van der Waals surface area (Å²) in [6.45, 7) is 2.11. The smallest absolute Gasteiger partial charge is 0.261 e. The second kappa shape index (κ2) is 9.43. The number of aromatic nitrogens is 1. The first kappa shape index (κ1) is 22.8. The average Bonchev–Trinajstić information content (AvgIpc) is 3.49. The number of carbonyl (C=O) groups excluding carboxylic acids is 2. The van der Waals surface area contributed by atoms with Gasteiger partial charge in [0.2, 0.25) is 0 Å². The zero-order valence-corrected chi connectivity index (χ0v) is 20.6. The van der Waals surface area contributed by atoms with Crippen molar-refractivity contribution in [2.75, 3.05) is 26.7 Å². The lowest BCUT2D eigenvalue weighted by molar-refractivity contribution is 0.0606. The molecular weight excluding hydrogens is 450 g/mol. The van der Waals surface area contributed by atoms with E-state index < -0.39 is 0 Å². The molecule has 0 radical (unpaired) electrons. The molecule has 184 valence electrons. The van der Waals surface area contributed by atoms with Crippen molar-refractivity contribution in [1.82, 2.24) is 14.8 Å². The van der Waals surface area contributed by atoms with Crippen LogP contribution in [0.15, 0.2) is 60.8 Å². The molecule has 2 amide bonds. The van der Waals surface area contributed by atoms with Crippen LogP contribution in [0, 0.1) is 0 Å². The number of fused-ring (bicyclic) bond motifs is 1. The largest absolute Gasteiger partial charge is 0.494 e. The second-order valence-electron chi connectivity index (χ2n) is 10.0. The van der Waals surface area contributed by atoms with Gasteiger partial charge >= 0.3 is 0 Å². The number of hydrogen-bond donors (Lipinski definition) is 1. The molecule has 1 aromatic heterocycles. The summed E-state index contributed by atoms with van der Waals surface area (Å²) < 4.78 is 6.06. The third-order valence-electron chi connectivity index (χ3n) is 7.77. The Bertz CT molecular complexity index is 1410. The monoisotopic (exact) mass is 481 g/mol. The molecule has 2 aliphatic heterocycles. The predicted octanol–water partition coefficient (Wildman–Crippen LogP) is 5.41. The van der Waals surface area contributed by atoms with Crippen molar-refractivity contribution in [2.24, 2.45) is 0 Å². The number of likely N-dealkylation sites (N-methyl/N-ethyl adjacent to an activating group) is 1. The zero-order chi connectivity index (χ0) is 24.6. The van der Waals surface area contributed by atoms with Crippen molar-refractivity contribution in [3.05, 3.63) is 77.5 Å². The number of nitrogens with zero attached hydrogens (tertiary/aromatic N) is 2. The summed E-state index contributed by atoms with van der Waals surface area (Å²) in [6.07, 6.45) is 7.16. The molecule has 1 fully saturated rings. The van der Waals surface area contributed by atoms with E-state index in [1.165, 1.54) is 35.2 Å². The minimum absolute atomic E-state index is 0.205. The number of benzene rings is 3. The van der Waals surface area contributed by atoms with Crippen LogP contribution in [0.3, 0.4) is 0 Å². The molecule has 4 aromatic rings. The van der Waals surface area contributed by atoms with E-state index in [2.05, 4.69) is 35.3 Å². The number of hydrogen-bond acceptors (Lipinski definition) is 4. The summed E-state index contributed by atoms with van der Waals surface area (Å²) in [5.41, 5.74) is 3.69. The number of likely N-dealkylation sites (tertiary alicyclic amines) is 1. The van der Waals surface area contributed by atoms with Gasteiger partial charge in [-0.1, -0.05) is 24.3 Å². The Morgan fingerprint density at radius 3 is 2.50 bits per heavy atom. The number of aromatic amines is 1. The molecule has 6 nitrogen and oxygen atoms in total. The van der Waals surface area contributed by atoms with Gasteiger partial charge in [-0.05, 0) is 87.0 Å². The van der Waals surface area contributed by atoms with Gasteiger partial charge in [-0.25, -0.2) is 0 Å². The van der Waals surface area contributed by atoms with E-state index in [4.69, 9.17) is 4.74 Å². The molecule has 1 saturated heterocycles. The summed E-state index contributed by atoms with van der Waals surface area (Å²) in [5.74, 6) is 0.445. The maximum atomic E-state index is 13.0. The van der Waals surface area contributed by atoms with Gasteiger partial charge in [0.15, 0.2) is 0 Å². The van der Waals surface area contributed by atoms with E-state index in [9.17, 15) is 9.59 Å². The Balaban J connectivity index is 1.06. The molecule has 0 unspecified atom stereocenters. The SMILES string of the molecule is CN1CCC[C@@H]1Cc1c[nH]c2ccc(OCCCCN3C(=O)c4cccc5cccc(c45)C3=O)cc12. The van der Waals surface area contributed by atoms with Crippen molar-refractivity contribution in [1.29, 1.82) is 0 Å². The minimum atomic E-state index is -0.205. The average molecular weight is 482 g/mol. The van der Waals surface area contributed by atoms with Gasteiger partial charge in [0, 0.05) is 46.2 Å². The number of nitrogens with one attached hydrogen (secondary N) is 1. The first-order chi connectivity index (χ1) is 17.6. The molecule has 0 saturated carbocycles. The molecule has 3 heterocycles. The Hall–Kier alpha value is -3.64. The topological polar surface area (TPSA) is 65.6 Å². The number of H-pyrrole nitrogens is 1. The molecule has 1 atom stereocenters. The van der Waals surface area contributed by atoms with Crippen LogP contribution in [-0.4, -0.2) is 59.4 Å². The normalized spacial score (nSPS) is 18.0. The molecule has 0 bridgehead atoms. The van der Waals surface area contributed by atoms with Crippen LogP contribution >= 0.6 is 0 Å². The standard InChI is InChI=1S/C30H31N3O3/c1-32-14-6-9-22(32)17-21-19-31-27-13-12-23(18-26(21)27)36-16-3-2-15-33-29(34)24-10-4-7-20-8-5-11-25(28(20)24)30(33)35/h4-5,7-8,10-13,18-19,22,31H,2-3,6,9,14-17H2,1H3/t22-/m1/s1. The molecule has 0 spiro atoms. The van der Waals surface area contributed by atoms with Crippen LogP contribution in [0.25, 0.3) is 21.7 Å². The van der Waals surface area contributed by atoms with Crippen molar-refractivity contribution in [3.8, 4) is 5.75 Å². The van der Waals surface area contributed by atoms with Crippen molar-refractivity contribution in [3.63, 3.8) is 0 Å². The molecular formula is C30H31N3O3. The van der Waals surface area contributed by atoms with Gasteiger partial charge in [-0.2, -0.15) is 0 Å². The van der Waals surface area contributed by atoms with Crippen LogP contribution < -0.4 is 4.74 Å². The maximum absolute atomic E-state index is 13.0. The van der Waals surface area contributed by atoms with E-state index in [1.807, 2.05) is 42.5 Å². The highest BCUT2D eigenvalue weighted by Crippen LogP contribution is 2.30. The highest BCUT2D eigenvalue weighted by Gasteiger charge is 2.32. The summed E-state index contributed by atoms with van der Waals surface area (Å²) in [6, 6.07) is 18.1. The highest BCUT2D eigenvalue weighted by molar-refractivity contribution is 6.25. The van der Waals surface area contributed by atoms with Gasteiger partial charge in [0.25, 0.3) is 11.8 Å². The van der Waals surface area contributed by atoms with E-state index in [1.54, 1.807) is 0 Å². The van der Waals surface area contributed by atoms with Crippen molar-refractivity contribution >= 4 is 33.5 Å². The predicted molar refractivity (Wildman–Crippen MR) is 142 cm³/mol. The lowest BCUT2D eigenvalue weighted by atomic mass is 9.94. The summed E-state index contributed by atoms with van der Waals surface area (Å²) in [4.78, 5) is 33.3. The molecule has 6 heteroatoms. The molecule has 2 aliphatic rings. The highest BCUT2D eigenvalue weighted by atomic mass is 16.5. The number of ether oxygens (including phenoxy) is 1. The summed E-state index contributed by atoms with van der Waals surface area (Å²) in [7, 11) is 2.21. The Labute approximate surface area is 210 Å². The number of rotatable bonds is 8. The summed E-state index contributed by atoms with van der Waals surface area (Å²) >= 11 is 0. The van der Waals surface area contributed by atoms with Crippen LogP contribution in [-0.2, 0) is 6.42 Å². The van der Waals surface area contributed by atoms with Crippen LogP contribution in [0.1, 0.15) is 52.0 Å². The Kier molecular flexibility index (Phi) is 5.97. The Morgan fingerprint density at radius 2 is 1.78 bits per heavy atom. The number of carbonyl (C=O) groups is 2. The number of unbranched alkanes of at least 4 members (excludes halogenated alkanes) is 1. The molecule has 1 N–H and O–H groups in total. The third-order valence-corrected chi connectivity index (χ3v) is 7.77. The zero-order valence-electron chi connectivity index (χ0n) is 20.6. The van der Waals surface area contributed by atoms with Crippen LogP contribution in [0.5, 0.6) is 5.75 Å². The van der Waals surface area contributed by atoms with Crippen LogP contribution in [0.2, 0.25) is 0 Å². The van der Waals surface area contributed by atoms with Gasteiger partial charge in [0.05, 0.1) is 6.61 Å². The quantitative estimate of drug-likeness (QED) is 0.270. The van der Waals surface area contributed by atoms with Gasteiger partial charge in [-0.3, -0.25) is 14.5 Å². The third kappa shape index (κ3) is 4.05. The molecule has 3 aromatic carbocycles. The maximum Gasteiger partial charge on any atom is 0.261 e. The molecule has 36 heavy (non-hydrogen) atoms. The molecule has 0 aliphatic carbocycles. The number of imide groups is 1. The van der Waals surface area contributed by atoms with Crippen molar-refractivity contribution < 1.29 is 14.3 Å². The van der Waals surface area contributed by atoms with E-state index >= 15 is 0 Å². The second-order valence-corrected chi connectivity index (χ2v) is 10.0. The van der Waals surface area contributed by atoms with Gasteiger partial charge in [-0.15, -0.1) is 0 Å². The lowest BCUT2D eigenvalue weighted by Crippen LogP contribution is -2.40. The minimum Gasteiger partial charge on any atom is -0.494 e. The first-order valence-corrected chi connectivity index (χ1v) is 12.9. The lowest BCUT2D eigenvalue weighted by Gasteiger charge is -2.27. The van der Waals surface area contributed by atoms with Gasteiger partial charge in [0.1, 0.15) is 5.75 Å². The fourth-order valence-corrected chi connectivity index (χ4v) is 5.75.